The van der Waals surface area contributed by atoms with Crippen LogP contribution in [0.4, 0.5) is 0 Å². The lowest BCUT2D eigenvalue weighted by molar-refractivity contribution is -0.175. The molecule has 1 N–H and O–H groups in total. The zero-order valence-electron chi connectivity index (χ0n) is 21.9. The van der Waals surface area contributed by atoms with Gasteiger partial charge < -0.3 is 9.84 Å². The van der Waals surface area contributed by atoms with Crippen molar-refractivity contribution in [3.63, 3.8) is 0 Å². The molecule has 36 heavy (non-hydrogen) atoms. The Morgan fingerprint density at radius 1 is 1.14 bits per heavy atom. The fraction of sp³-hybridized carbons (Fsp3) is 0.759. The maximum absolute atomic E-state index is 13.7. The van der Waals surface area contributed by atoms with E-state index < -0.39 is 5.60 Å². The lowest BCUT2D eigenvalue weighted by Gasteiger charge is -2.62. The lowest BCUT2D eigenvalue weighted by atomic mass is 9.43. The molecule has 0 aliphatic heterocycles. The number of benzene rings is 1. The number of rotatable bonds is 5. The summed E-state index contributed by atoms with van der Waals surface area (Å²) in [5.41, 5.74) is 1.30. The first-order chi connectivity index (χ1) is 17.2. The molecule has 4 aliphatic carbocycles. The zero-order valence-corrected chi connectivity index (χ0v) is 22.6. The van der Waals surface area contributed by atoms with Gasteiger partial charge in [0.05, 0.1) is 17.7 Å². The molecule has 1 heterocycles. The Balaban J connectivity index is 1.23. The zero-order chi connectivity index (χ0) is 25.3. The minimum atomic E-state index is -0.542. The van der Waals surface area contributed by atoms with Crippen molar-refractivity contribution in [3.8, 4) is 0 Å². The summed E-state index contributed by atoms with van der Waals surface area (Å²) in [6, 6.07) is 5.54. The summed E-state index contributed by atoms with van der Waals surface area (Å²) in [5, 5.41) is 20.0. The minimum absolute atomic E-state index is 0.0548. The van der Waals surface area contributed by atoms with Gasteiger partial charge in [0.1, 0.15) is 12.1 Å². The van der Waals surface area contributed by atoms with Crippen LogP contribution in [0.5, 0.6) is 0 Å². The number of carbonyl (C=O) groups is 1. The van der Waals surface area contributed by atoms with Gasteiger partial charge in [-0.25, -0.2) is 4.68 Å². The second kappa shape index (κ2) is 8.78. The fourth-order valence-electron chi connectivity index (χ4n) is 9.63. The van der Waals surface area contributed by atoms with Gasteiger partial charge in [0.25, 0.3) is 0 Å². The molecule has 0 spiro atoms. The first-order valence-corrected chi connectivity index (χ1v) is 14.3. The van der Waals surface area contributed by atoms with Crippen LogP contribution in [0.1, 0.15) is 71.6 Å². The number of ketones is 1. The number of hydrogen-bond donors (Lipinski definition) is 1. The molecule has 4 aliphatic rings. The molecule has 0 unspecified atom stereocenters. The van der Waals surface area contributed by atoms with E-state index in [0.29, 0.717) is 34.5 Å². The van der Waals surface area contributed by atoms with Gasteiger partial charge in [-0.05, 0) is 117 Å². The summed E-state index contributed by atoms with van der Waals surface area (Å²) in [7, 11) is 1.85. The van der Waals surface area contributed by atoms with Gasteiger partial charge in [-0.1, -0.05) is 23.7 Å². The number of aliphatic hydroxyl groups is 1. The maximum atomic E-state index is 13.7. The number of methoxy groups -OCH3 is 1. The van der Waals surface area contributed by atoms with E-state index in [1.165, 1.54) is 19.3 Å². The van der Waals surface area contributed by atoms with E-state index in [4.69, 9.17) is 16.3 Å². The highest BCUT2D eigenvalue weighted by Gasteiger charge is 2.63. The van der Waals surface area contributed by atoms with E-state index in [2.05, 4.69) is 17.2 Å². The Kier molecular flexibility index (Phi) is 6.05. The second-order valence-corrected chi connectivity index (χ2v) is 13.5. The summed E-state index contributed by atoms with van der Waals surface area (Å²) in [5.74, 6) is 2.81. The molecule has 4 saturated carbocycles. The van der Waals surface area contributed by atoms with E-state index in [0.717, 1.165) is 56.2 Å². The summed E-state index contributed by atoms with van der Waals surface area (Å²) in [6.45, 7) is 5.52. The molecule has 1 aromatic carbocycles. The summed E-state index contributed by atoms with van der Waals surface area (Å²) in [4.78, 5) is 13.7. The number of Topliss-reactive ketones (excluding diaryl/α,β-unsaturated/α-hetero) is 1. The number of aromatic nitrogens is 3. The Morgan fingerprint density at radius 2 is 1.97 bits per heavy atom. The molecule has 4 fully saturated rings. The Bertz CT molecular complexity index is 1160. The van der Waals surface area contributed by atoms with Crippen molar-refractivity contribution in [2.75, 3.05) is 13.7 Å². The molecule has 0 amide bonds. The van der Waals surface area contributed by atoms with Crippen LogP contribution in [0.2, 0.25) is 5.02 Å². The van der Waals surface area contributed by atoms with E-state index in [-0.39, 0.29) is 23.3 Å². The number of nitrogens with zero attached hydrogens (tertiary/aromatic N) is 3. The van der Waals surface area contributed by atoms with Gasteiger partial charge in [-0.2, -0.15) is 0 Å². The van der Waals surface area contributed by atoms with Crippen LogP contribution in [0, 0.1) is 40.4 Å². The molecule has 0 radical (unpaired) electrons. The van der Waals surface area contributed by atoms with Crippen LogP contribution < -0.4 is 0 Å². The monoisotopic (exact) mass is 513 g/mol. The van der Waals surface area contributed by atoms with Crippen molar-refractivity contribution >= 4 is 28.4 Å². The Morgan fingerprint density at radius 3 is 2.78 bits per heavy atom. The van der Waals surface area contributed by atoms with Crippen molar-refractivity contribution in [1.82, 2.24) is 15.0 Å². The van der Waals surface area contributed by atoms with E-state index in [1.807, 2.05) is 26.2 Å². The lowest BCUT2D eigenvalue weighted by Crippen LogP contribution is -2.58. The molecular weight excluding hydrogens is 474 g/mol. The molecule has 0 saturated heterocycles. The van der Waals surface area contributed by atoms with E-state index in [1.54, 1.807) is 10.7 Å². The summed E-state index contributed by atoms with van der Waals surface area (Å²) in [6.07, 6.45) is 9.66. The largest absolute Gasteiger partial charge is 0.390 e. The molecule has 6 rings (SSSR count). The number of hydrogen-bond acceptors (Lipinski definition) is 5. The SMILES string of the molecule is COC[C@]12CC[C@@](C)(O)C[C@@H]1CC[C@H]1[C@@H]3CC[C@H](C(=O)Cn4nnc5cc(Cl)ccc54)[C@@]3(C)CC[C@@H]12. The Labute approximate surface area is 219 Å². The highest BCUT2D eigenvalue weighted by Crippen LogP contribution is 2.68. The average Bonchev–Trinajstić information content (AvgIpc) is 3.39. The van der Waals surface area contributed by atoms with Crippen molar-refractivity contribution in [2.24, 2.45) is 40.4 Å². The van der Waals surface area contributed by atoms with Gasteiger partial charge in [0.15, 0.2) is 5.78 Å². The molecule has 7 heteroatoms. The first kappa shape index (κ1) is 24.8. The van der Waals surface area contributed by atoms with Gasteiger partial charge in [0, 0.05) is 18.1 Å². The molecule has 1 aromatic heterocycles. The van der Waals surface area contributed by atoms with Gasteiger partial charge in [-0.15, -0.1) is 5.10 Å². The van der Waals surface area contributed by atoms with E-state index >= 15 is 0 Å². The smallest absolute Gasteiger partial charge is 0.157 e. The van der Waals surface area contributed by atoms with Gasteiger partial charge in [0.2, 0.25) is 0 Å². The van der Waals surface area contributed by atoms with Crippen LogP contribution in [0.3, 0.4) is 0 Å². The minimum Gasteiger partial charge on any atom is -0.390 e. The van der Waals surface area contributed by atoms with Crippen LogP contribution in [0.25, 0.3) is 11.0 Å². The predicted molar refractivity (Wildman–Crippen MR) is 140 cm³/mol. The predicted octanol–water partition coefficient (Wildman–Crippen LogP) is 5.69. The highest BCUT2D eigenvalue weighted by molar-refractivity contribution is 6.31. The quantitative estimate of drug-likeness (QED) is 0.555. The molecular formula is C29H40ClN3O3. The van der Waals surface area contributed by atoms with Gasteiger partial charge >= 0.3 is 0 Å². The number of fused-ring (bicyclic) bond motifs is 6. The van der Waals surface area contributed by atoms with Crippen molar-refractivity contribution in [1.29, 1.82) is 0 Å². The van der Waals surface area contributed by atoms with Crippen molar-refractivity contribution in [3.05, 3.63) is 23.2 Å². The summed E-state index contributed by atoms with van der Waals surface area (Å²) >= 11 is 6.11. The third-order valence-corrected chi connectivity index (χ3v) is 11.5. The Hall–Kier alpha value is -1.50. The highest BCUT2D eigenvalue weighted by atomic mass is 35.5. The fourth-order valence-corrected chi connectivity index (χ4v) is 9.80. The topological polar surface area (TPSA) is 77.2 Å². The molecule has 0 bridgehead atoms. The summed E-state index contributed by atoms with van der Waals surface area (Å²) < 4.78 is 7.65. The second-order valence-electron chi connectivity index (χ2n) is 13.0. The maximum Gasteiger partial charge on any atom is 0.157 e. The van der Waals surface area contributed by atoms with Crippen LogP contribution in [-0.4, -0.2) is 45.2 Å². The molecule has 2 aromatic rings. The molecule has 8 atom stereocenters. The van der Waals surface area contributed by atoms with Crippen molar-refractivity contribution in [2.45, 2.75) is 83.8 Å². The van der Waals surface area contributed by atoms with Crippen LogP contribution in [0.15, 0.2) is 18.2 Å². The third-order valence-electron chi connectivity index (χ3n) is 11.2. The third kappa shape index (κ3) is 3.77. The first-order valence-electron chi connectivity index (χ1n) is 13.9. The van der Waals surface area contributed by atoms with Crippen LogP contribution in [-0.2, 0) is 16.1 Å². The normalized spacial score (nSPS) is 42.1. The van der Waals surface area contributed by atoms with E-state index in [9.17, 15) is 9.90 Å². The van der Waals surface area contributed by atoms with Crippen LogP contribution >= 0.6 is 11.6 Å². The average molecular weight is 514 g/mol. The van der Waals surface area contributed by atoms with Crippen molar-refractivity contribution < 1.29 is 14.6 Å². The standard InChI is InChI=1S/C29H40ClN3O3/c1-27(35)12-13-29(17-36-3)18(15-27)4-6-20-21-7-8-23(28(21,2)11-10-22(20)29)26(34)16-33-25-9-5-19(30)14-24(25)31-32-33/h5,9,14,18,20-23,35H,4,6-8,10-13,15-17H2,1-3H3/t18-,20-,21-,22-,23+,27+,28-,29+/m0/s1. The molecule has 6 nitrogen and oxygen atoms in total. The number of carbonyl (C=O) groups excluding carboxylic acids is 1. The number of halogens is 1. The number of ether oxygens (including phenoxy) is 1. The molecule has 196 valence electrons. The van der Waals surface area contributed by atoms with Gasteiger partial charge in [-0.3, -0.25) is 4.79 Å².